The smallest absolute Gasteiger partial charge is 0.223 e. The topological polar surface area (TPSA) is 41.6 Å². The molecule has 0 aromatic heterocycles. The van der Waals surface area contributed by atoms with E-state index in [0.29, 0.717) is 18.7 Å². The monoisotopic (exact) mass is 356 g/mol. The Morgan fingerprint density at radius 1 is 1.27 bits per heavy atom. The number of amides is 1. The van der Waals surface area contributed by atoms with Crippen molar-refractivity contribution in [2.45, 2.75) is 25.3 Å². The maximum absolute atomic E-state index is 14.0. The fraction of sp³-hybridized carbons (Fsp3) is 0.381. The minimum Gasteiger partial charge on any atom is -0.496 e. The molecule has 138 valence electrons. The molecule has 3 rings (SSSR count). The van der Waals surface area contributed by atoms with Crippen LogP contribution in [0.3, 0.4) is 0 Å². The third-order valence-corrected chi connectivity index (χ3v) is 4.98. The fourth-order valence-electron chi connectivity index (χ4n) is 3.59. The van der Waals surface area contributed by atoms with E-state index in [1.54, 1.807) is 19.2 Å². The number of hydrogen-bond donors (Lipinski definition) is 1. The van der Waals surface area contributed by atoms with Crippen molar-refractivity contribution in [3.63, 3.8) is 0 Å². The third kappa shape index (κ3) is 3.88. The largest absolute Gasteiger partial charge is 0.496 e. The van der Waals surface area contributed by atoms with Gasteiger partial charge in [-0.1, -0.05) is 43.3 Å². The van der Waals surface area contributed by atoms with E-state index in [9.17, 15) is 9.18 Å². The molecule has 0 aliphatic carbocycles. The van der Waals surface area contributed by atoms with E-state index in [0.717, 1.165) is 17.9 Å². The van der Waals surface area contributed by atoms with Crippen molar-refractivity contribution in [3.05, 3.63) is 65.5 Å². The molecule has 0 spiro atoms. The highest BCUT2D eigenvalue weighted by molar-refractivity contribution is 5.78. The van der Waals surface area contributed by atoms with E-state index >= 15 is 0 Å². The third-order valence-electron chi connectivity index (χ3n) is 4.98. The average Bonchev–Trinajstić information content (AvgIpc) is 2.68. The molecule has 2 aromatic carbocycles. The Kier molecular flexibility index (Phi) is 5.89. The second kappa shape index (κ2) is 8.32. The van der Waals surface area contributed by atoms with Crippen LogP contribution in [0.25, 0.3) is 0 Å². The summed E-state index contributed by atoms with van der Waals surface area (Å²) in [7, 11) is 1.64. The number of ether oxygens (including phenoxy) is 1. The number of nitrogens with zero attached hydrogens (tertiary/aromatic N) is 1. The van der Waals surface area contributed by atoms with Crippen LogP contribution in [0.5, 0.6) is 5.75 Å². The summed E-state index contributed by atoms with van der Waals surface area (Å²) in [6.07, 6.45) is 0.284. The van der Waals surface area contributed by atoms with Gasteiger partial charge in [0.15, 0.2) is 0 Å². The molecule has 0 radical (unpaired) electrons. The number of piperazine rings is 1. The minimum absolute atomic E-state index is 0.0400. The lowest BCUT2D eigenvalue weighted by Gasteiger charge is -2.37. The van der Waals surface area contributed by atoms with Crippen LogP contribution >= 0.6 is 0 Å². The molecule has 2 unspecified atom stereocenters. The Labute approximate surface area is 154 Å². The first-order valence-corrected chi connectivity index (χ1v) is 8.99. The van der Waals surface area contributed by atoms with Crippen molar-refractivity contribution in [2.24, 2.45) is 0 Å². The number of benzene rings is 2. The fourth-order valence-corrected chi connectivity index (χ4v) is 3.59. The predicted molar refractivity (Wildman–Crippen MR) is 99.7 cm³/mol. The number of halogens is 1. The molecule has 1 aliphatic rings. The Balaban J connectivity index is 1.79. The van der Waals surface area contributed by atoms with Gasteiger partial charge >= 0.3 is 0 Å². The summed E-state index contributed by atoms with van der Waals surface area (Å²) in [4.78, 5) is 14.9. The highest BCUT2D eigenvalue weighted by Gasteiger charge is 2.30. The summed E-state index contributed by atoms with van der Waals surface area (Å²) < 4.78 is 19.5. The second-order valence-electron chi connectivity index (χ2n) is 6.68. The van der Waals surface area contributed by atoms with Crippen LogP contribution in [-0.4, -0.2) is 37.6 Å². The summed E-state index contributed by atoms with van der Waals surface area (Å²) in [6, 6.07) is 14.4. The van der Waals surface area contributed by atoms with Crippen LogP contribution in [0.2, 0.25) is 0 Å². The molecule has 1 amide bonds. The molecule has 0 bridgehead atoms. The highest BCUT2D eigenvalue weighted by atomic mass is 19.1. The molecule has 0 saturated carbocycles. The lowest BCUT2D eigenvalue weighted by atomic mass is 9.95. The first kappa shape index (κ1) is 18.4. The Morgan fingerprint density at radius 2 is 2.00 bits per heavy atom. The van der Waals surface area contributed by atoms with Crippen molar-refractivity contribution >= 4 is 5.91 Å². The zero-order chi connectivity index (χ0) is 18.5. The van der Waals surface area contributed by atoms with Gasteiger partial charge in [-0.2, -0.15) is 0 Å². The van der Waals surface area contributed by atoms with Gasteiger partial charge in [0.25, 0.3) is 0 Å². The molecular formula is C21H25FN2O2. The summed E-state index contributed by atoms with van der Waals surface area (Å²) >= 11 is 0. The highest BCUT2D eigenvalue weighted by Crippen LogP contribution is 2.32. The number of carbonyl (C=O) groups excluding carboxylic acids is 1. The van der Waals surface area contributed by atoms with Gasteiger partial charge in [-0.25, -0.2) is 4.39 Å². The molecule has 1 aliphatic heterocycles. The molecule has 5 heteroatoms. The Morgan fingerprint density at radius 3 is 2.77 bits per heavy atom. The molecule has 2 aromatic rings. The molecule has 1 N–H and O–H groups in total. The van der Waals surface area contributed by atoms with Crippen molar-refractivity contribution in [2.75, 3.05) is 26.7 Å². The predicted octanol–water partition coefficient (Wildman–Crippen LogP) is 3.50. The maximum atomic E-state index is 14.0. The van der Waals surface area contributed by atoms with E-state index in [4.69, 9.17) is 4.74 Å². The molecule has 4 nitrogen and oxygen atoms in total. The summed E-state index contributed by atoms with van der Waals surface area (Å²) in [5, 5.41) is 3.35. The van der Waals surface area contributed by atoms with Crippen LogP contribution in [-0.2, 0) is 4.79 Å². The number of rotatable bonds is 5. The van der Waals surface area contributed by atoms with Crippen LogP contribution < -0.4 is 10.1 Å². The molecule has 26 heavy (non-hydrogen) atoms. The number of methoxy groups -OCH3 is 1. The van der Waals surface area contributed by atoms with E-state index in [2.05, 4.69) is 5.32 Å². The van der Waals surface area contributed by atoms with Crippen LogP contribution in [0.15, 0.2) is 48.5 Å². The van der Waals surface area contributed by atoms with Crippen molar-refractivity contribution in [3.8, 4) is 5.75 Å². The standard InChI is InChI=1S/C21H25FN2O2/c1-15(16-7-3-5-9-18(16)22)13-21(25)24-12-11-23-14-19(24)17-8-4-6-10-20(17)26-2/h3-10,15,19,23H,11-14H2,1-2H3. The van der Waals surface area contributed by atoms with Gasteiger partial charge in [-0.15, -0.1) is 0 Å². The first-order chi connectivity index (χ1) is 12.6. The normalized spacial score (nSPS) is 18.4. The van der Waals surface area contributed by atoms with Crippen molar-refractivity contribution in [1.82, 2.24) is 10.2 Å². The van der Waals surface area contributed by atoms with Gasteiger partial charge in [0.2, 0.25) is 5.91 Å². The van der Waals surface area contributed by atoms with E-state index in [-0.39, 0.29) is 30.1 Å². The lowest BCUT2D eigenvalue weighted by molar-refractivity contribution is -0.134. The van der Waals surface area contributed by atoms with E-state index in [1.165, 1.54) is 6.07 Å². The Bertz CT molecular complexity index is 765. The zero-order valence-electron chi connectivity index (χ0n) is 15.2. The molecular weight excluding hydrogens is 331 g/mol. The number of hydrogen-bond acceptors (Lipinski definition) is 3. The Hall–Kier alpha value is -2.40. The summed E-state index contributed by atoms with van der Waals surface area (Å²) in [5.41, 5.74) is 1.58. The van der Waals surface area contributed by atoms with Gasteiger partial charge < -0.3 is 15.0 Å². The van der Waals surface area contributed by atoms with Crippen molar-refractivity contribution in [1.29, 1.82) is 0 Å². The first-order valence-electron chi connectivity index (χ1n) is 8.99. The molecule has 1 fully saturated rings. The van der Waals surface area contributed by atoms with Gasteiger partial charge in [0.05, 0.1) is 13.2 Å². The van der Waals surface area contributed by atoms with Crippen LogP contribution in [0.4, 0.5) is 4.39 Å². The maximum Gasteiger partial charge on any atom is 0.223 e. The quantitative estimate of drug-likeness (QED) is 0.891. The van der Waals surface area contributed by atoms with Gasteiger partial charge in [-0.05, 0) is 23.6 Å². The van der Waals surface area contributed by atoms with E-state index < -0.39 is 0 Å². The molecule has 1 saturated heterocycles. The summed E-state index contributed by atoms with van der Waals surface area (Å²) in [5.74, 6) is 0.394. The van der Waals surface area contributed by atoms with Crippen LogP contribution in [0.1, 0.15) is 36.4 Å². The molecule has 1 heterocycles. The minimum atomic E-state index is -0.255. The van der Waals surface area contributed by atoms with Gasteiger partial charge in [0.1, 0.15) is 11.6 Å². The zero-order valence-corrected chi connectivity index (χ0v) is 15.2. The van der Waals surface area contributed by atoms with E-state index in [1.807, 2.05) is 42.2 Å². The number of para-hydroxylation sites is 1. The molecule has 2 atom stereocenters. The van der Waals surface area contributed by atoms with Crippen LogP contribution in [0, 0.1) is 5.82 Å². The number of nitrogens with one attached hydrogen (secondary N) is 1. The summed E-state index contributed by atoms with van der Waals surface area (Å²) in [6.45, 7) is 3.97. The van der Waals surface area contributed by atoms with Gasteiger partial charge in [0, 0.05) is 31.6 Å². The lowest BCUT2D eigenvalue weighted by Crippen LogP contribution is -2.49. The SMILES string of the molecule is COc1ccccc1C1CNCCN1C(=O)CC(C)c1ccccc1F. The average molecular weight is 356 g/mol. The number of carbonyl (C=O) groups is 1. The van der Waals surface area contributed by atoms with Gasteiger partial charge in [-0.3, -0.25) is 4.79 Å². The van der Waals surface area contributed by atoms with Crippen molar-refractivity contribution < 1.29 is 13.9 Å². The second-order valence-corrected chi connectivity index (χ2v) is 6.68.